The van der Waals surface area contributed by atoms with Gasteiger partial charge in [0.1, 0.15) is 0 Å². The van der Waals surface area contributed by atoms with Crippen LogP contribution in [0, 0.1) is 0 Å². The molecule has 0 spiro atoms. The van der Waals surface area contributed by atoms with E-state index in [2.05, 4.69) is 34.5 Å². The van der Waals surface area contributed by atoms with Crippen LogP contribution in [-0.4, -0.2) is 39.3 Å². The molecular formula is C15H22N2O2. The van der Waals surface area contributed by atoms with Crippen molar-refractivity contribution < 1.29 is 9.53 Å². The number of anilines is 1. The van der Waals surface area contributed by atoms with E-state index < -0.39 is 0 Å². The minimum Gasteiger partial charge on any atom is -0.383 e. The summed E-state index contributed by atoms with van der Waals surface area (Å²) in [6.07, 6.45) is 2.85. The number of nitrogens with one attached hydrogen (secondary N) is 1. The Bertz CT molecular complexity index is 420. The molecule has 1 heterocycles. The van der Waals surface area contributed by atoms with Crippen molar-refractivity contribution in [2.24, 2.45) is 0 Å². The van der Waals surface area contributed by atoms with Crippen LogP contribution in [0.15, 0.2) is 24.3 Å². The molecule has 0 aliphatic carbocycles. The van der Waals surface area contributed by atoms with E-state index in [1.165, 1.54) is 17.7 Å². The normalized spacial score (nSPS) is 14.1. The molecule has 1 aromatic rings. The van der Waals surface area contributed by atoms with Crippen LogP contribution in [0.25, 0.3) is 0 Å². The van der Waals surface area contributed by atoms with Crippen LogP contribution in [-0.2, 0) is 16.0 Å². The van der Waals surface area contributed by atoms with E-state index in [-0.39, 0.29) is 5.91 Å². The number of para-hydroxylation sites is 1. The largest absolute Gasteiger partial charge is 0.383 e. The van der Waals surface area contributed by atoms with E-state index in [0.717, 1.165) is 19.5 Å². The highest BCUT2D eigenvalue weighted by molar-refractivity contribution is 5.76. The van der Waals surface area contributed by atoms with Gasteiger partial charge in [-0.1, -0.05) is 18.2 Å². The Labute approximate surface area is 114 Å². The number of amides is 1. The number of carbonyl (C=O) groups is 1. The standard InChI is InChI=1S/C15H22N2O2/c1-19-12-9-16-15(18)8-11-17-10-4-6-13-5-2-3-7-14(13)17/h2-3,5,7H,4,6,8-12H2,1H3,(H,16,18). The first-order valence-electron chi connectivity index (χ1n) is 6.90. The lowest BCUT2D eigenvalue weighted by molar-refractivity contribution is -0.121. The Kier molecular flexibility index (Phi) is 5.21. The van der Waals surface area contributed by atoms with Crippen LogP contribution in [0.5, 0.6) is 0 Å². The fourth-order valence-corrected chi connectivity index (χ4v) is 2.46. The molecule has 1 aliphatic heterocycles. The van der Waals surface area contributed by atoms with Gasteiger partial charge in [0.2, 0.25) is 5.91 Å². The molecule has 4 nitrogen and oxygen atoms in total. The van der Waals surface area contributed by atoms with Gasteiger partial charge >= 0.3 is 0 Å². The lowest BCUT2D eigenvalue weighted by Gasteiger charge is -2.31. The summed E-state index contributed by atoms with van der Waals surface area (Å²) in [6.45, 7) is 2.99. The molecule has 0 fully saturated rings. The van der Waals surface area contributed by atoms with Gasteiger partial charge in [-0.25, -0.2) is 0 Å². The SMILES string of the molecule is COCCNC(=O)CCN1CCCc2ccccc21. The van der Waals surface area contributed by atoms with Gasteiger partial charge in [-0.3, -0.25) is 4.79 Å². The Morgan fingerprint density at radius 3 is 3.11 bits per heavy atom. The van der Waals surface area contributed by atoms with Crippen molar-refractivity contribution in [3.05, 3.63) is 29.8 Å². The highest BCUT2D eigenvalue weighted by atomic mass is 16.5. The topological polar surface area (TPSA) is 41.6 Å². The summed E-state index contributed by atoms with van der Waals surface area (Å²) < 4.78 is 4.91. The average molecular weight is 262 g/mol. The van der Waals surface area contributed by atoms with Gasteiger partial charge in [0.05, 0.1) is 6.61 Å². The van der Waals surface area contributed by atoms with E-state index >= 15 is 0 Å². The fourth-order valence-electron chi connectivity index (χ4n) is 2.46. The lowest BCUT2D eigenvalue weighted by atomic mass is 10.0. The first-order valence-corrected chi connectivity index (χ1v) is 6.90. The number of nitrogens with zero attached hydrogens (tertiary/aromatic N) is 1. The molecule has 0 atom stereocenters. The second-order valence-corrected chi connectivity index (χ2v) is 4.81. The second kappa shape index (κ2) is 7.14. The minimum atomic E-state index is 0.0973. The summed E-state index contributed by atoms with van der Waals surface area (Å²) in [4.78, 5) is 14.0. The van der Waals surface area contributed by atoms with E-state index in [1.807, 2.05) is 0 Å². The van der Waals surface area contributed by atoms with Crippen molar-refractivity contribution in [3.63, 3.8) is 0 Å². The predicted octanol–water partition coefficient (Wildman–Crippen LogP) is 1.59. The van der Waals surface area contributed by atoms with Crippen molar-refractivity contribution in [3.8, 4) is 0 Å². The molecule has 2 rings (SSSR count). The molecule has 104 valence electrons. The molecule has 1 amide bonds. The number of aryl methyl sites for hydroxylation is 1. The van der Waals surface area contributed by atoms with Crippen molar-refractivity contribution in [2.45, 2.75) is 19.3 Å². The summed E-state index contributed by atoms with van der Waals surface area (Å²) >= 11 is 0. The summed E-state index contributed by atoms with van der Waals surface area (Å²) in [6, 6.07) is 8.48. The Morgan fingerprint density at radius 1 is 1.42 bits per heavy atom. The van der Waals surface area contributed by atoms with Crippen molar-refractivity contribution in [1.82, 2.24) is 5.32 Å². The van der Waals surface area contributed by atoms with Crippen LogP contribution in [0.3, 0.4) is 0 Å². The van der Waals surface area contributed by atoms with Crippen LogP contribution >= 0.6 is 0 Å². The van der Waals surface area contributed by atoms with Crippen molar-refractivity contribution in [1.29, 1.82) is 0 Å². The average Bonchev–Trinajstić information content (AvgIpc) is 2.45. The maximum atomic E-state index is 11.7. The highest BCUT2D eigenvalue weighted by Gasteiger charge is 2.16. The van der Waals surface area contributed by atoms with Crippen molar-refractivity contribution >= 4 is 11.6 Å². The molecule has 0 saturated carbocycles. The summed E-state index contributed by atoms with van der Waals surface area (Å²) in [5.41, 5.74) is 2.69. The number of carbonyl (C=O) groups excluding carboxylic acids is 1. The first-order chi connectivity index (χ1) is 9.31. The zero-order valence-electron chi connectivity index (χ0n) is 11.5. The number of fused-ring (bicyclic) bond motifs is 1. The molecule has 19 heavy (non-hydrogen) atoms. The Hall–Kier alpha value is -1.55. The number of hydrogen-bond donors (Lipinski definition) is 1. The molecule has 0 bridgehead atoms. The summed E-state index contributed by atoms with van der Waals surface area (Å²) in [7, 11) is 1.64. The zero-order chi connectivity index (χ0) is 13.5. The summed E-state index contributed by atoms with van der Waals surface area (Å²) in [5.74, 6) is 0.0973. The molecule has 0 aromatic heterocycles. The van der Waals surface area contributed by atoms with Gasteiger partial charge in [-0.05, 0) is 24.5 Å². The van der Waals surface area contributed by atoms with Crippen LogP contribution in [0.4, 0.5) is 5.69 Å². The molecule has 0 unspecified atom stereocenters. The monoisotopic (exact) mass is 262 g/mol. The first kappa shape index (κ1) is 13.9. The second-order valence-electron chi connectivity index (χ2n) is 4.81. The maximum Gasteiger partial charge on any atom is 0.221 e. The molecule has 1 N–H and O–H groups in total. The molecule has 1 aliphatic rings. The van der Waals surface area contributed by atoms with Gasteiger partial charge in [0, 0.05) is 38.9 Å². The molecular weight excluding hydrogens is 240 g/mol. The Balaban J connectivity index is 1.82. The van der Waals surface area contributed by atoms with Gasteiger partial charge in [-0.15, -0.1) is 0 Å². The zero-order valence-corrected chi connectivity index (χ0v) is 11.5. The quantitative estimate of drug-likeness (QED) is 0.792. The van der Waals surface area contributed by atoms with Gasteiger partial charge in [-0.2, -0.15) is 0 Å². The molecule has 1 aromatic carbocycles. The van der Waals surface area contributed by atoms with Crippen LogP contribution < -0.4 is 10.2 Å². The van der Waals surface area contributed by atoms with Gasteiger partial charge < -0.3 is 15.0 Å². The lowest BCUT2D eigenvalue weighted by Crippen LogP contribution is -2.34. The smallest absolute Gasteiger partial charge is 0.221 e. The third-order valence-electron chi connectivity index (χ3n) is 3.44. The molecule has 0 saturated heterocycles. The van der Waals surface area contributed by atoms with Crippen LogP contribution in [0.1, 0.15) is 18.4 Å². The number of benzene rings is 1. The molecule has 0 radical (unpaired) electrons. The number of ether oxygens (including phenoxy) is 1. The van der Waals surface area contributed by atoms with E-state index in [9.17, 15) is 4.79 Å². The van der Waals surface area contributed by atoms with Crippen LogP contribution in [0.2, 0.25) is 0 Å². The molecule has 4 heteroatoms. The number of methoxy groups -OCH3 is 1. The van der Waals surface area contributed by atoms with Gasteiger partial charge in [0.15, 0.2) is 0 Å². The van der Waals surface area contributed by atoms with E-state index in [4.69, 9.17) is 4.74 Å². The Morgan fingerprint density at radius 2 is 2.26 bits per heavy atom. The highest BCUT2D eigenvalue weighted by Crippen LogP contribution is 2.26. The minimum absolute atomic E-state index is 0.0973. The third kappa shape index (κ3) is 3.96. The fraction of sp³-hybridized carbons (Fsp3) is 0.533. The van der Waals surface area contributed by atoms with E-state index in [1.54, 1.807) is 7.11 Å². The summed E-state index contributed by atoms with van der Waals surface area (Å²) in [5, 5.41) is 2.86. The number of rotatable bonds is 6. The maximum absolute atomic E-state index is 11.7. The number of hydrogen-bond acceptors (Lipinski definition) is 3. The predicted molar refractivity (Wildman–Crippen MR) is 76.5 cm³/mol. The van der Waals surface area contributed by atoms with E-state index in [0.29, 0.717) is 19.6 Å². The van der Waals surface area contributed by atoms with Gasteiger partial charge in [0.25, 0.3) is 0 Å². The van der Waals surface area contributed by atoms with Crippen molar-refractivity contribution in [2.75, 3.05) is 38.3 Å². The third-order valence-corrected chi connectivity index (χ3v) is 3.44.